The van der Waals surface area contributed by atoms with E-state index in [1.54, 1.807) is 18.2 Å². The standard InChI is InChI=1S/C21H24ClNO4/c1-13(2)19(27-12-15-5-4-6-18(22)11-15)20(24)23-14(3)16-7-9-17(10-8-16)21(25)26/h4-11,13-14,19H,12H2,1-3H3,(H,23,24)(H,25,26)/t14-,19+/m0/s1. The number of carbonyl (C=O) groups is 2. The van der Waals surface area contributed by atoms with E-state index in [0.29, 0.717) is 11.6 Å². The molecule has 0 spiro atoms. The number of carboxylic acids is 1. The number of carbonyl (C=O) groups excluding carboxylic acids is 1. The molecule has 6 heteroatoms. The summed E-state index contributed by atoms with van der Waals surface area (Å²) >= 11 is 5.98. The van der Waals surface area contributed by atoms with Crippen LogP contribution in [0.4, 0.5) is 0 Å². The van der Waals surface area contributed by atoms with Gasteiger partial charge in [-0.3, -0.25) is 4.79 Å². The minimum absolute atomic E-state index is 0.00855. The number of carboxylic acid groups (broad SMARTS) is 1. The normalized spacial score (nSPS) is 13.2. The van der Waals surface area contributed by atoms with E-state index in [1.807, 2.05) is 39.0 Å². The van der Waals surface area contributed by atoms with Gasteiger partial charge in [0, 0.05) is 5.02 Å². The lowest BCUT2D eigenvalue weighted by atomic mass is 10.0. The molecule has 0 saturated carbocycles. The summed E-state index contributed by atoms with van der Waals surface area (Å²) in [6.45, 7) is 5.99. The molecule has 0 bridgehead atoms. The molecule has 2 rings (SSSR count). The molecule has 0 aliphatic rings. The number of amides is 1. The number of rotatable bonds is 8. The zero-order valence-corrected chi connectivity index (χ0v) is 16.4. The number of hydrogen-bond donors (Lipinski definition) is 2. The molecule has 27 heavy (non-hydrogen) atoms. The molecule has 0 aliphatic heterocycles. The van der Waals surface area contributed by atoms with Crippen molar-refractivity contribution >= 4 is 23.5 Å². The first-order valence-electron chi connectivity index (χ1n) is 8.77. The maximum atomic E-state index is 12.7. The van der Waals surface area contributed by atoms with E-state index < -0.39 is 12.1 Å². The molecule has 0 heterocycles. The first kappa shape index (κ1) is 20.9. The fourth-order valence-corrected chi connectivity index (χ4v) is 2.89. The van der Waals surface area contributed by atoms with Gasteiger partial charge in [0.1, 0.15) is 6.10 Å². The number of nitrogens with one attached hydrogen (secondary N) is 1. The van der Waals surface area contributed by atoms with Crippen LogP contribution in [0, 0.1) is 5.92 Å². The molecule has 2 atom stereocenters. The van der Waals surface area contributed by atoms with E-state index in [4.69, 9.17) is 21.4 Å². The van der Waals surface area contributed by atoms with Gasteiger partial charge in [-0.2, -0.15) is 0 Å². The first-order chi connectivity index (χ1) is 12.8. The van der Waals surface area contributed by atoms with Gasteiger partial charge in [-0.1, -0.05) is 49.7 Å². The summed E-state index contributed by atoms with van der Waals surface area (Å²) in [5.74, 6) is -1.19. The molecular weight excluding hydrogens is 366 g/mol. The second-order valence-electron chi connectivity index (χ2n) is 6.76. The van der Waals surface area contributed by atoms with Gasteiger partial charge in [0.15, 0.2) is 0 Å². The van der Waals surface area contributed by atoms with Crippen molar-refractivity contribution in [3.8, 4) is 0 Å². The highest BCUT2D eigenvalue weighted by Gasteiger charge is 2.24. The Morgan fingerprint density at radius 3 is 2.33 bits per heavy atom. The Bertz CT molecular complexity index is 789. The van der Waals surface area contributed by atoms with Crippen molar-refractivity contribution in [1.82, 2.24) is 5.32 Å². The second kappa shape index (κ2) is 9.53. The van der Waals surface area contributed by atoms with E-state index in [9.17, 15) is 9.59 Å². The lowest BCUT2D eigenvalue weighted by Gasteiger charge is -2.23. The zero-order chi connectivity index (χ0) is 20.0. The smallest absolute Gasteiger partial charge is 0.335 e. The molecule has 0 aliphatic carbocycles. The van der Waals surface area contributed by atoms with E-state index in [-0.39, 0.29) is 23.4 Å². The van der Waals surface area contributed by atoms with Crippen LogP contribution in [0.15, 0.2) is 48.5 Å². The maximum absolute atomic E-state index is 12.7. The van der Waals surface area contributed by atoms with Crippen LogP contribution < -0.4 is 5.32 Å². The predicted octanol–water partition coefficient (Wildman–Crippen LogP) is 4.46. The Morgan fingerprint density at radius 1 is 1.11 bits per heavy atom. The third kappa shape index (κ3) is 6.08. The van der Waals surface area contributed by atoms with Crippen molar-refractivity contribution in [2.24, 2.45) is 5.92 Å². The van der Waals surface area contributed by atoms with Crippen LogP contribution in [0.5, 0.6) is 0 Å². The number of aromatic carboxylic acids is 1. The fraction of sp³-hybridized carbons (Fsp3) is 0.333. The Labute approximate surface area is 164 Å². The predicted molar refractivity (Wildman–Crippen MR) is 105 cm³/mol. The highest BCUT2D eigenvalue weighted by molar-refractivity contribution is 6.30. The molecule has 2 aromatic rings. The lowest BCUT2D eigenvalue weighted by Crippen LogP contribution is -2.40. The van der Waals surface area contributed by atoms with E-state index in [1.165, 1.54) is 12.1 Å². The Morgan fingerprint density at radius 2 is 1.78 bits per heavy atom. The average Bonchev–Trinajstić information content (AvgIpc) is 2.61. The number of hydrogen-bond acceptors (Lipinski definition) is 3. The van der Waals surface area contributed by atoms with Crippen LogP contribution in [-0.4, -0.2) is 23.1 Å². The summed E-state index contributed by atoms with van der Waals surface area (Å²) in [6.07, 6.45) is -0.607. The molecule has 0 aromatic heterocycles. The molecule has 0 fully saturated rings. The number of halogens is 1. The Hall–Kier alpha value is -2.37. The van der Waals surface area contributed by atoms with Gasteiger partial charge < -0.3 is 15.2 Å². The summed E-state index contributed by atoms with van der Waals surface area (Å²) in [5, 5.41) is 12.5. The summed E-state index contributed by atoms with van der Waals surface area (Å²) in [5.41, 5.74) is 1.94. The van der Waals surface area contributed by atoms with Crippen LogP contribution in [0.25, 0.3) is 0 Å². The largest absolute Gasteiger partial charge is 0.478 e. The quantitative estimate of drug-likeness (QED) is 0.699. The zero-order valence-electron chi connectivity index (χ0n) is 15.6. The van der Waals surface area contributed by atoms with Gasteiger partial charge in [-0.05, 0) is 48.2 Å². The molecule has 5 nitrogen and oxygen atoms in total. The molecule has 0 unspecified atom stereocenters. The molecular formula is C21H24ClNO4. The topological polar surface area (TPSA) is 75.6 Å². The second-order valence-corrected chi connectivity index (χ2v) is 7.20. The molecule has 0 saturated heterocycles. The molecule has 2 aromatic carbocycles. The Balaban J connectivity index is 2.00. The van der Waals surface area contributed by atoms with Gasteiger partial charge >= 0.3 is 5.97 Å². The molecule has 144 valence electrons. The SMILES string of the molecule is CC(C)[C@@H](OCc1cccc(Cl)c1)C(=O)N[C@@H](C)c1ccc(C(=O)O)cc1. The van der Waals surface area contributed by atoms with Crippen molar-refractivity contribution in [2.45, 2.75) is 39.5 Å². The monoisotopic (exact) mass is 389 g/mol. The van der Waals surface area contributed by atoms with Gasteiger partial charge in [0.2, 0.25) is 5.91 Å². The summed E-state index contributed by atoms with van der Waals surface area (Å²) in [7, 11) is 0. The average molecular weight is 390 g/mol. The minimum atomic E-state index is -0.979. The first-order valence-corrected chi connectivity index (χ1v) is 9.15. The third-order valence-corrected chi connectivity index (χ3v) is 4.43. The molecule has 1 amide bonds. The van der Waals surface area contributed by atoms with Crippen LogP contribution in [-0.2, 0) is 16.1 Å². The molecule has 0 radical (unpaired) electrons. The fourth-order valence-electron chi connectivity index (χ4n) is 2.68. The van der Waals surface area contributed by atoms with E-state index in [2.05, 4.69) is 5.32 Å². The van der Waals surface area contributed by atoms with Crippen LogP contribution in [0.3, 0.4) is 0 Å². The lowest BCUT2D eigenvalue weighted by molar-refractivity contribution is -0.137. The summed E-state index contributed by atoms with van der Waals surface area (Å²) in [6, 6.07) is 13.5. The van der Waals surface area contributed by atoms with Crippen LogP contribution in [0.1, 0.15) is 48.3 Å². The van der Waals surface area contributed by atoms with Crippen LogP contribution in [0.2, 0.25) is 5.02 Å². The summed E-state index contributed by atoms with van der Waals surface area (Å²) < 4.78 is 5.85. The van der Waals surface area contributed by atoms with Crippen molar-refractivity contribution in [3.63, 3.8) is 0 Å². The van der Waals surface area contributed by atoms with Gasteiger partial charge in [0.25, 0.3) is 0 Å². The third-order valence-electron chi connectivity index (χ3n) is 4.20. The van der Waals surface area contributed by atoms with Gasteiger partial charge in [-0.25, -0.2) is 4.79 Å². The minimum Gasteiger partial charge on any atom is -0.478 e. The highest BCUT2D eigenvalue weighted by Crippen LogP contribution is 2.17. The summed E-state index contributed by atoms with van der Waals surface area (Å²) in [4.78, 5) is 23.6. The number of ether oxygens (including phenoxy) is 1. The Kier molecular flexibility index (Phi) is 7.39. The van der Waals surface area contributed by atoms with Crippen molar-refractivity contribution in [2.75, 3.05) is 0 Å². The van der Waals surface area contributed by atoms with Crippen molar-refractivity contribution in [1.29, 1.82) is 0 Å². The van der Waals surface area contributed by atoms with Crippen molar-refractivity contribution < 1.29 is 19.4 Å². The highest BCUT2D eigenvalue weighted by atomic mass is 35.5. The van der Waals surface area contributed by atoms with E-state index in [0.717, 1.165) is 11.1 Å². The van der Waals surface area contributed by atoms with E-state index >= 15 is 0 Å². The maximum Gasteiger partial charge on any atom is 0.335 e. The number of benzene rings is 2. The van der Waals surface area contributed by atoms with Gasteiger partial charge in [0.05, 0.1) is 18.2 Å². The van der Waals surface area contributed by atoms with Crippen LogP contribution >= 0.6 is 11.6 Å². The van der Waals surface area contributed by atoms with Gasteiger partial charge in [-0.15, -0.1) is 0 Å². The molecule has 2 N–H and O–H groups in total. The van der Waals surface area contributed by atoms with Crippen molar-refractivity contribution in [3.05, 3.63) is 70.2 Å².